The minimum Gasteiger partial charge on any atom is -0.478 e. The van der Waals surface area contributed by atoms with Gasteiger partial charge in [0, 0.05) is 11.4 Å². The van der Waals surface area contributed by atoms with Crippen LogP contribution >= 0.6 is 24.2 Å². The first-order valence-corrected chi connectivity index (χ1v) is 8.00. The standard InChI is InChI=1S/C17H16ClNO3S/c18-15-9-13(6-7-14(15)17(21)22)19-16(20)12(10-23)8-11-4-2-1-3-5-11/h1-7,9,12,23H,8,10H2,(H,19,20)(H,21,22). The Hall–Kier alpha value is -1.98. The highest BCUT2D eigenvalue weighted by Crippen LogP contribution is 2.22. The lowest BCUT2D eigenvalue weighted by molar-refractivity contribution is -0.119. The first kappa shape index (κ1) is 17.4. The Morgan fingerprint density at radius 1 is 1.17 bits per heavy atom. The summed E-state index contributed by atoms with van der Waals surface area (Å²) in [6.07, 6.45) is 0.580. The molecule has 0 bridgehead atoms. The van der Waals surface area contributed by atoms with Crippen LogP contribution in [0.3, 0.4) is 0 Å². The summed E-state index contributed by atoms with van der Waals surface area (Å²) in [5.74, 6) is -1.17. The summed E-state index contributed by atoms with van der Waals surface area (Å²) in [6, 6.07) is 14.0. The SMILES string of the molecule is O=C(O)c1ccc(NC(=O)C(CS)Cc2ccccc2)cc1Cl. The molecule has 6 heteroatoms. The highest BCUT2D eigenvalue weighted by molar-refractivity contribution is 7.80. The summed E-state index contributed by atoms with van der Waals surface area (Å²) in [5.41, 5.74) is 1.52. The van der Waals surface area contributed by atoms with E-state index < -0.39 is 5.97 Å². The third-order valence-electron chi connectivity index (χ3n) is 3.38. The van der Waals surface area contributed by atoms with Crippen molar-refractivity contribution in [3.8, 4) is 0 Å². The fourth-order valence-electron chi connectivity index (χ4n) is 2.15. The van der Waals surface area contributed by atoms with E-state index in [4.69, 9.17) is 16.7 Å². The first-order valence-electron chi connectivity index (χ1n) is 6.99. The molecule has 4 nitrogen and oxygen atoms in total. The maximum atomic E-state index is 12.4. The lowest BCUT2D eigenvalue weighted by Crippen LogP contribution is -2.26. The molecule has 120 valence electrons. The molecular formula is C17H16ClNO3S. The summed E-state index contributed by atoms with van der Waals surface area (Å²) in [6.45, 7) is 0. The van der Waals surface area contributed by atoms with Crippen molar-refractivity contribution in [1.82, 2.24) is 0 Å². The number of amides is 1. The second-order valence-corrected chi connectivity index (χ2v) is 5.83. The van der Waals surface area contributed by atoms with Crippen LogP contribution < -0.4 is 5.32 Å². The lowest BCUT2D eigenvalue weighted by atomic mass is 10.00. The quantitative estimate of drug-likeness (QED) is 0.695. The van der Waals surface area contributed by atoms with Crippen LogP contribution in [0.1, 0.15) is 15.9 Å². The smallest absolute Gasteiger partial charge is 0.337 e. The first-order chi connectivity index (χ1) is 11.0. The molecule has 23 heavy (non-hydrogen) atoms. The van der Waals surface area contributed by atoms with Crippen LogP contribution in [-0.2, 0) is 11.2 Å². The van der Waals surface area contributed by atoms with Crippen LogP contribution in [0.2, 0.25) is 5.02 Å². The Balaban J connectivity index is 2.07. The molecule has 1 amide bonds. The summed E-state index contributed by atoms with van der Waals surface area (Å²) in [4.78, 5) is 23.3. The van der Waals surface area contributed by atoms with Crippen LogP contribution in [0.4, 0.5) is 5.69 Å². The van der Waals surface area contributed by atoms with Gasteiger partial charge in [-0.3, -0.25) is 4.79 Å². The molecule has 0 saturated carbocycles. The van der Waals surface area contributed by atoms with Gasteiger partial charge in [0.1, 0.15) is 0 Å². The van der Waals surface area contributed by atoms with Crippen molar-refractivity contribution in [1.29, 1.82) is 0 Å². The maximum Gasteiger partial charge on any atom is 0.337 e. The molecule has 0 aromatic heterocycles. The fourth-order valence-corrected chi connectivity index (χ4v) is 2.71. The molecule has 0 aliphatic heterocycles. The average molecular weight is 350 g/mol. The van der Waals surface area contributed by atoms with Gasteiger partial charge in [0.15, 0.2) is 0 Å². The van der Waals surface area contributed by atoms with Crippen molar-refractivity contribution < 1.29 is 14.7 Å². The van der Waals surface area contributed by atoms with Crippen molar-refractivity contribution in [2.24, 2.45) is 5.92 Å². The molecule has 0 fully saturated rings. The highest BCUT2D eigenvalue weighted by Gasteiger charge is 2.18. The number of rotatable bonds is 6. The van der Waals surface area contributed by atoms with Gasteiger partial charge in [-0.1, -0.05) is 41.9 Å². The topological polar surface area (TPSA) is 66.4 Å². The number of carboxylic acids is 1. The number of benzene rings is 2. The van der Waals surface area contributed by atoms with E-state index in [0.29, 0.717) is 17.9 Å². The summed E-state index contributed by atoms with van der Waals surface area (Å²) >= 11 is 10.2. The van der Waals surface area contributed by atoms with Gasteiger partial charge in [-0.2, -0.15) is 12.6 Å². The molecule has 0 aliphatic carbocycles. The van der Waals surface area contributed by atoms with E-state index in [0.717, 1.165) is 5.56 Å². The van der Waals surface area contributed by atoms with Gasteiger partial charge in [-0.05, 0) is 30.2 Å². The van der Waals surface area contributed by atoms with Crippen LogP contribution in [0, 0.1) is 5.92 Å². The number of carboxylic acid groups (broad SMARTS) is 1. The Kier molecular flexibility index (Phi) is 6.07. The van der Waals surface area contributed by atoms with Crippen molar-refractivity contribution in [3.05, 3.63) is 64.7 Å². The highest BCUT2D eigenvalue weighted by atomic mass is 35.5. The largest absolute Gasteiger partial charge is 0.478 e. The van der Waals surface area contributed by atoms with E-state index in [1.165, 1.54) is 18.2 Å². The molecule has 2 rings (SSSR count). The number of carbonyl (C=O) groups is 2. The maximum absolute atomic E-state index is 12.4. The van der Waals surface area contributed by atoms with Gasteiger partial charge in [0.2, 0.25) is 5.91 Å². The number of aromatic carboxylic acids is 1. The molecule has 2 aromatic carbocycles. The van der Waals surface area contributed by atoms with E-state index in [1.54, 1.807) is 0 Å². The third kappa shape index (κ3) is 4.74. The zero-order valence-electron chi connectivity index (χ0n) is 12.2. The number of thiol groups is 1. The molecule has 0 spiro atoms. The van der Waals surface area contributed by atoms with E-state index in [1.807, 2.05) is 30.3 Å². The van der Waals surface area contributed by atoms with Gasteiger partial charge < -0.3 is 10.4 Å². The summed E-state index contributed by atoms with van der Waals surface area (Å²) in [7, 11) is 0. The summed E-state index contributed by atoms with van der Waals surface area (Å²) in [5, 5.41) is 11.8. The molecule has 1 atom stereocenters. The van der Waals surface area contributed by atoms with Crippen molar-refractivity contribution in [2.45, 2.75) is 6.42 Å². The Morgan fingerprint density at radius 2 is 1.87 bits per heavy atom. The van der Waals surface area contributed by atoms with Crippen molar-refractivity contribution >= 4 is 41.8 Å². The number of hydrogen-bond donors (Lipinski definition) is 3. The average Bonchev–Trinajstić information content (AvgIpc) is 2.53. The van der Waals surface area contributed by atoms with Crippen molar-refractivity contribution in [3.63, 3.8) is 0 Å². The molecule has 0 heterocycles. The zero-order chi connectivity index (χ0) is 16.8. The van der Waals surface area contributed by atoms with Gasteiger partial charge in [-0.25, -0.2) is 4.79 Å². The van der Waals surface area contributed by atoms with Gasteiger partial charge >= 0.3 is 5.97 Å². The molecular weight excluding hydrogens is 334 g/mol. The molecule has 2 aromatic rings. The van der Waals surface area contributed by atoms with Gasteiger partial charge in [0.05, 0.1) is 16.5 Å². The predicted octanol–water partition coefficient (Wildman–Crippen LogP) is 3.77. The monoisotopic (exact) mass is 349 g/mol. The predicted molar refractivity (Wildman–Crippen MR) is 94.5 cm³/mol. The van der Waals surface area contributed by atoms with E-state index in [-0.39, 0.29) is 22.4 Å². The second-order valence-electron chi connectivity index (χ2n) is 5.06. The van der Waals surface area contributed by atoms with Crippen LogP contribution in [-0.4, -0.2) is 22.7 Å². The number of hydrogen-bond acceptors (Lipinski definition) is 3. The fraction of sp³-hybridized carbons (Fsp3) is 0.176. The van der Waals surface area contributed by atoms with Gasteiger partial charge in [0.25, 0.3) is 0 Å². The molecule has 0 radical (unpaired) electrons. The number of carbonyl (C=O) groups excluding carboxylic acids is 1. The van der Waals surface area contributed by atoms with E-state index in [2.05, 4.69) is 17.9 Å². The van der Waals surface area contributed by atoms with Crippen LogP contribution in [0.15, 0.2) is 48.5 Å². The lowest BCUT2D eigenvalue weighted by Gasteiger charge is -2.15. The Labute approximate surface area is 144 Å². The molecule has 1 unspecified atom stereocenters. The second kappa shape index (κ2) is 8.04. The van der Waals surface area contributed by atoms with Crippen LogP contribution in [0.25, 0.3) is 0 Å². The normalized spacial score (nSPS) is 11.7. The molecule has 0 saturated heterocycles. The van der Waals surface area contributed by atoms with Crippen molar-refractivity contribution in [2.75, 3.05) is 11.1 Å². The number of anilines is 1. The minimum atomic E-state index is -1.11. The Morgan fingerprint density at radius 3 is 2.43 bits per heavy atom. The number of nitrogens with one attached hydrogen (secondary N) is 1. The number of halogens is 1. The minimum absolute atomic E-state index is 0.000281. The zero-order valence-corrected chi connectivity index (χ0v) is 13.8. The van der Waals surface area contributed by atoms with E-state index in [9.17, 15) is 9.59 Å². The molecule has 2 N–H and O–H groups in total. The third-order valence-corrected chi connectivity index (χ3v) is 4.14. The summed E-state index contributed by atoms with van der Waals surface area (Å²) < 4.78 is 0. The van der Waals surface area contributed by atoms with E-state index >= 15 is 0 Å². The Bertz CT molecular complexity index is 706. The molecule has 0 aliphatic rings. The van der Waals surface area contributed by atoms with Crippen LogP contribution in [0.5, 0.6) is 0 Å². The van der Waals surface area contributed by atoms with Gasteiger partial charge in [-0.15, -0.1) is 0 Å².